The summed E-state index contributed by atoms with van der Waals surface area (Å²) >= 11 is 0. The first-order valence-electron chi connectivity index (χ1n) is 9.26. The summed E-state index contributed by atoms with van der Waals surface area (Å²) in [6, 6.07) is 19.6. The zero-order valence-electron chi connectivity index (χ0n) is 15.9. The first-order chi connectivity index (χ1) is 12.5. The summed E-state index contributed by atoms with van der Waals surface area (Å²) < 4.78 is 28.0. The summed E-state index contributed by atoms with van der Waals surface area (Å²) in [6.45, 7) is 0. The molecule has 0 aromatic heterocycles. The van der Waals surface area contributed by atoms with Gasteiger partial charge in [-0.1, -0.05) is 48.5 Å². The molecule has 3 rings (SSSR count). The van der Waals surface area contributed by atoms with Crippen molar-refractivity contribution >= 4 is 22.4 Å². The molecule has 2 aromatic carbocycles. The zero-order chi connectivity index (χ0) is 18.6. The predicted molar refractivity (Wildman–Crippen MR) is 113 cm³/mol. The van der Waals surface area contributed by atoms with E-state index >= 15 is 0 Å². The smallest absolute Gasteiger partial charge is 0.240 e. The van der Waals surface area contributed by atoms with Crippen LogP contribution >= 0.6 is 12.4 Å². The van der Waals surface area contributed by atoms with Gasteiger partial charge in [0.05, 0.1) is 4.90 Å². The van der Waals surface area contributed by atoms with Gasteiger partial charge in [0.2, 0.25) is 10.0 Å². The van der Waals surface area contributed by atoms with E-state index in [1.54, 1.807) is 24.3 Å². The summed E-state index contributed by atoms with van der Waals surface area (Å²) in [6.07, 6.45) is 3.82. The predicted octanol–water partition coefficient (Wildman–Crippen LogP) is 4.25. The molecular weight excluding hydrogens is 380 g/mol. The molecule has 0 spiro atoms. The molecule has 1 saturated carbocycles. The van der Waals surface area contributed by atoms with Crippen LogP contribution in [-0.4, -0.2) is 33.5 Å². The van der Waals surface area contributed by atoms with Crippen molar-refractivity contribution < 1.29 is 8.42 Å². The molecular formula is C21H29ClN2O2S. The molecule has 1 aliphatic carbocycles. The summed E-state index contributed by atoms with van der Waals surface area (Å²) in [5.41, 5.74) is 1.34. The Kier molecular flexibility index (Phi) is 7.86. The van der Waals surface area contributed by atoms with Crippen LogP contribution in [0.25, 0.3) is 0 Å². The highest BCUT2D eigenvalue weighted by atomic mass is 35.5. The van der Waals surface area contributed by atoms with Gasteiger partial charge in [-0.15, -0.1) is 12.4 Å². The maximum Gasteiger partial charge on any atom is 0.240 e. The van der Waals surface area contributed by atoms with Gasteiger partial charge < -0.3 is 4.90 Å². The van der Waals surface area contributed by atoms with Crippen molar-refractivity contribution in [2.45, 2.75) is 42.7 Å². The van der Waals surface area contributed by atoms with Crippen molar-refractivity contribution in [3.05, 3.63) is 66.2 Å². The third kappa shape index (κ3) is 5.55. The maximum absolute atomic E-state index is 12.5. The number of sulfonamides is 1. The molecule has 1 aliphatic rings. The molecule has 6 heteroatoms. The summed E-state index contributed by atoms with van der Waals surface area (Å²) in [5, 5.41) is 0. The average molecular weight is 409 g/mol. The Balaban J connectivity index is 0.00000261. The van der Waals surface area contributed by atoms with Crippen LogP contribution in [0.5, 0.6) is 0 Å². The molecule has 0 bridgehead atoms. The van der Waals surface area contributed by atoms with Crippen LogP contribution in [0.15, 0.2) is 65.6 Å². The highest BCUT2D eigenvalue weighted by molar-refractivity contribution is 7.89. The van der Waals surface area contributed by atoms with Gasteiger partial charge in [-0.05, 0) is 63.4 Å². The van der Waals surface area contributed by atoms with Gasteiger partial charge in [0.1, 0.15) is 0 Å². The molecule has 1 N–H and O–H groups in total. The average Bonchev–Trinajstić information content (AvgIpc) is 2.64. The first kappa shape index (κ1) is 21.9. The number of rotatable bonds is 6. The summed E-state index contributed by atoms with van der Waals surface area (Å²) in [5.74, 6) is 0.546. The monoisotopic (exact) mass is 408 g/mol. The lowest BCUT2D eigenvalue weighted by Gasteiger charge is -2.37. The van der Waals surface area contributed by atoms with Crippen molar-refractivity contribution in [1.82, 2.24) is 9.62 Å². The van der Waals surface area contributed by atoms with Crippen molar-refractivity contribution in [2.75, 3.05) is 14.1 Å². The van der Waals surface area contributed by atoms with Gasteiger partial charge in [-0.2, -0.15) is 0 Å². The zero-order valence-corrected chi connectivity index (χ0v) is 17.5. The normalized spacial score (nSPS) is 21.4. The van der Waals surface area contributed by atoms with E-state index in [2.05, 4.69) is 48.0 Å². The Hall–Kier alpha value is -1.40. The van der Waals surface area contributed by atoms with E-state index in [0.29, 0.717) is 16.9 Å². The molecule has 2 aromatic rings. The molecule has 27 heavy (non-hydrogen) atoms. The second-order valence-corrected chi connectivity index (χ2v) is 9.08. The van der Waals surface area contributed by atoms with E-state index in [0.717, 1.165) is 25.7 Å². The Morgan fingerprint density at radius 1 is 0.889 bits per heavy atom. The van der Waals surface area contributed by atoms with E-state index in [1.165, 1.54) is 5.56 Å². The van der Waals surface area contributed by atoms with Gasteiger partial charge >= 0.3 is 0 Å². The van der Waals surface area contributed by atoms with Gasteiger partial charge in [-0.25, -0.2) is 13.1 Å². The number of hydrogen-bond donors (Lipinski definition) is 1. The molecule has 0 amide bonds. The van der Waals surface area contributed by atoms with Gasteiger partial charge in [-0.3, -0.25) is 0 Å². The lowest BCUT2D eigenvalue weighted by Crippen LogP contribution is -2.39. The van der Waals surface area contributed by atoms with Crippen LogP contribution in [0.3, 0.4) is 0 Å². The van der Waals surface area contributed by atoms with Crippen LogP contribution in [0.1, 0.15) is 37.3 Å². The van der Waals surface area contributed by atoms with E-state index in [-0.39, 0.29) is 18.4 Å². The SMILES string of the molecule is CN(C)C(c1ccccc1)C1CCC(NS(=O)(=O)c2ccccc2)CC1.Cl. The molecule has 0 saturated heterocycles. The van der Waals surface area contributed by atoms with Gasteiger partial charge in [0.15, 0.2) is 0 Å². The van der Waals surface area contributed by atoms with Gasteiger partial charge in [0, 0.05) is 12.1 Å². The van der Waals surface area contributed by atoms with Crippen LogP contribution in [-0.2, 0) is 10.0 Å². The number of nitrogens with one attached hydrogen (secondary N) is 1. The van der Waals surface area contributed by atoms with E-state index < -0.39 is 10.0 Å². The first-order valence-corrected chi connectivity index (χ1v) is 10.7. The van der Waals surface area contributed by atoms with E-state index in [4.69, 9.17) is 0 Å². The fraction of sp³-hybridized carbons (Fsp3) is 0.429. The van der Waals surface area contributed by atoms with Crippen molar-refractivity contribution in [3.63, 3.8) is 0 Å². The second kappa shape index (κ2) is 9.69. The fourth-order valence-electron chi connectivity index (χ4n) is 4.08. The molecule has 0 aliphatic heterocycles. The van der Waals surface area contributed by atoms with Crippen LogP contribution in [0.4, 0.5) is 0 Å². The van der Waals surface area contributed by atoms with Crippen LogP contribution in [0.2, 0.25) is 0 Å². The molecule has 1 fully saturated rings. The topological polar surface area (TPSA) is 49.4 Å². The van der Waals surface area contributed by atoms with Crippen LogP contribution in [0, 0.1) is 5.92 Å². The molecule has 0 radical (unpaired) electrons. The van der Waals surface area contributed by atoms with Crippen LogP contribution < -0.4 is 4.72 Å². The Labute approximate surface area is 169 Å². The molecule has 4 nitrogen and oxygen atoms in total. The Morgan fingerprint density at radius 2 is 1.41 bits per heavy atom. The Morgan fingerprint density at radius 3 is 1.93 bits per heavy atom. The van der Waals surface area contributed by atoms with E-state index in [1.807, 2.05) is 12.1 Å². The highest BCUT2D eigenvalue weighted by Crippen LogP contribution is 2.37. The third-order valence-electron chi connectivity index (χ3n) is 5.29. The summed E-state index contributed by atoms with van der Waals surface area (Å²) in [4.78, 5) is 2.63. The Bertz CT molecular complexity index is 789. The van der Waals surface area contributed by atoms with E-state index in [9.17, 15) is 8.42 Å². The molecule has 1 unspecified atom stereocenters. The van der Waals surface area contributed by atoms with Crippen molar-refractivity contribution in [2.24, 2.45) is 5.92 Å². The molecule has 148 valence electrons. The minimum Gasteiger partial charge on any atom is -0.302 e. The lowest BCUT2D eigenvalue weighted by atomic mass is 9.79. The van der Waals surface area contributed by atoms with Crippen molar-refractivity contribution in [1.29, 1.82) is 0 Å². The molecule has 1 atom stereocenters. The molecule has 0 heterocycles. The highest BCUT2D eigenvalue weighted by Gasteiger charge is 2.31. The standard InChI is InChI=1S/C21H28N2O2S.ClH/c1-23(2)21(17-9-5-3-6-10-17)18-13-15-19(16-14-18)22-26(24,25)20-11-7-4-8-12-20;/h3-12,18-19,21-22H,13-16H2,1-2H3;1H. The number of halogens is 1. The second-order valence-electron chi connectivity index (χ2n) is 7.37. The minimum atomic E-state index is -3.43. The maximum atomic E-state index is 12.5. The lowest BCUT2D eigenvalue weighted by molar-refractivity contribution is 0.161. The fourth-order valence-corrected chi connectivity index (χ4v) is 5.41. The number of hydrogen-bond acceptors (Lipinski definition) is 3. The summed E-state index contributed by atoms with van der Waals surface area (Å²) in [7, 11) is 0.827. The third-order valence-corrected chi connectivity index (χ3v) is 6.83. The van der Waals surface area contributed by atoms with Crippen molar-refractivity contribution in [3.8, 4) is 0 Å². The quantitative estimate of drug-likeness (QED) is 0.777. The van der Waals surface area contributed by atoms with Gasteiger partial charge in [0.25, 0.3) is 0 Å². The number of benzene rings is 2. The number of nitrogens with zero attached hydrogens (tertiary/aromatic N) is 1. The largest absolute Gasteiger partial charge is 0.302 e. The minimum absolute atomic E-state index is 0.